The topological polar surface area (TPSA) is 99.6 Å². The largest absolute Gasteiger partial charge is 0.351 e. The Morgan fingerprint density at radius 1 is 1.13 bits per heavy atom. The zero-order valence-electron chi connectivity index (χ0n) is 17.7. The van der Waals surface area contributed by atoms with Gasteiger partial charge in [-0.2, -0.15) is 15.0 Å². The molecule has 0 bridgehead atoms. The number of aromatic nitrogens is 6. The van der Waals surface area contributed by atoms with Gasteiger partial charge in [-0.1, -0.05) is 17.7 Å². The van der Waals surface area contributed by atoms with Crippen LogP contribution in [-0.2, 0) is 19.5 Å². The fourth-order valence-corrected chi connectivity index (χ4v) is 3.83. The first-order chi connectivity index (χ1) is 14.4. The van der Waals surface area contributed by atoms with Crippen LogP contribution in [0.1, 0.15) is 52.4 Å². The van der Waals surface area contributed by atoms with Gasteiger partial charge in [0.15, 0.2) is 5.69 Å². The van der Waals surface area contributed by atoms with Crippen molar-refractivity contribution in [2.45, 2.75) is 59.5 Å². The number of hydrogen-bond acceptors (Lipinski definition) is 5. The third-order valence-electron chi connectivity index (χ3n) is 5.43. The van der Waals surface area contributed by atoms with Gasteiger partial charge in [0.1, 0.15) is 5.82 Å². The van der Waals surface area contributed by atoms with Gasteiger partial charge in [0.25, 0.3) is 5.91 Å². The standard InChI is InChI=1S/C21H27N7O2/c1-14-8-9-17(15(2)13-14)28-23-16(3)19(25-28)20(29)22-10-6-12-27-21(30)26-11-5-4-7-18(26)24-27/h8-9,13H,4-7,10-12H2,1-3H3,(H,22,29). The maximum Gasteiger partial charge on any atom is 0.345 e. The molecule has 2 aromatic heterocycles. The van der Waals surface area contributed by atoms with Crippen LogP contribution in [0.15, 0.2) is 23.0 Å². The molecule has 1 aliphatic rings. The molecular weight excluding hydrogens is 382 g/mol. The Morgan fingerprint density at radius 2 is 1.97 bits per heavy atom. The van der Waals surface area contributed by atoms with E-state index in [1.165, 1.54) is 9.48 Å². The minimum Gasteiger partial charge on any atom is -0.351 e. The van der Waals surface area contributed by atoms with E-state index >= 15 is 0 Å². The first-order valence-corrected chi connectivity index (χ1v) is 10.4. The first kappa shape index (κ1) is 20.1. The van der Waals surface area contributed by atoms with Gasteiger partial charge in [0.05, 0.1) is 11.4 Å². The molecule has 3 heterocycles. The summed E-state index contributed by atoms with van der Waals surface area (Å²) in [6.45, 7) is 7.47. The minimum atomic E-state index is -0.264. The van der Waals surface area contributed by atoms with Crippen LogP contribution in [-0.4, -0.2) is 41.8 Å². The molecule has 1 amide bonds. The monoisotopic (exact) mass is 409 g/mol. The summed E-state index contributed by atoms with van der Waals surface area (Å²) in [4.78, 5) is 26.4. The summed E-state index contributed by atoms with van der Waals surface area (Å²) in [7, 11) is 0. The van der Waals surface area contributed by atoms with E-state index in [0.29, 0.717) is 30.9 Å². The van der Waals surface area contributed by atoms with Crippen molar-refractivity contribution < 1.29 is 4.79 Å². The summed E-state index contributed by atoms with van der Waals surface area (Å²) >= 11 is 0. The van der Waals surface area contributed by atoms with Crippen molar-refractivity contribution in [3.8, 4) is 5.69 Å². The van der Waals surface area contributed by atoms with Gasteiger partial charge < -0.3 is 5.32 Å². The molecule has 0 atom stereocenters. The van der Waals surface area contributed by atoms with Crippen LogP contribution < -0.4 is 11.0 Å². The minimum absolute atomic E-state index is 0.0525. The second-order valence-corrected chi connectivity index (χ2v) is 7.85. The lowest BCUT2D eigenvalue weighted by Gasteiger charge is -2.09. The Balaban J connectivity index is 1.36. The molecule has 0 radical (unpaired) electrons. The summed E-state index contributed by atoms with van der Waals surface area (Å²) < 4.78 is 3.27. The number of aryl methyl sites for hydroxylation is 5. The SMILES string of the molecule is Cc1ccc(-n2nc(C)c(C(=O)NCCCn3nc4n(c3=O)CCCC4)n2)c(C)c1. The maximum atomic E-state index is 12.6. The number of amides is 1. The Bertz CT molecular complexity index is 1140. The lowest BCUT2D eigenvalue weighted by molar-refractivity contribution is 0.0946. The van der Waals surface area contributed by atoms with Crippen molar-refractivity contribution in [2.75, 3.05) is 6.54 Å². The lowest BCUT2D eigenvalue weighted by atomic mass is 10.1. The molecule has 9 heteroatoms. The average molecular weight is 409 g/mol. The van der Waals surface area contributed by atoms with Crippen molar-refractivity contribution in [1.29, 1.82) is 0 Å². The van der Waals surface area contributed by atoms with Crippen LogP contribution in [0.3, 0.4) is 0 Å². The van der Waals surface area contributed by atoms with Crippen LogP contribution in [0.25, 0.3) is 5.69 Å². The van der Waals surface area contributed by atoms with Crippen molar-refractivity contribution in [3.05, 3.63) is 57.0 Å². The van der Waals surface area contributed by atoms with Gasteiger partial charge in [-0.3, -0.25) is 9.36 Å². The van der Waals surface area contributed by atoms with E-state index in [1.54, 1.807) is 11.5 Å². The number of carbonyl (C=O) groups excluding carboxylic acids is 1. The maximum absolute atomic E-state index is 12.6. The van der Waals surface area contributed by atoms with Crippen LogP contribution in [0.5, 0.6) is 0 Å². The molecule has 30 heavy (non-hydrogen) atoms. The number of fused-ring (bicyclic) bond motifs is 1. The molecule has 9 nitrogen and oxygen atoms in total. The van der Waals surface area contributed by atoms with Gasteiger partial charge in [-0.15, -0.1) is 5.10 Å². The van der Waals surface area contributed by atoms with E-state index in [2.05, 4.69) is 26.7 Å². The van der Waals surface area contributed by atoms with Crippen molar-refractivity contribution >= 4 is 5.91 Å². The molecule has 0 fully saturated rings. The highest BCUT2D eigenvalue weighted by Gasteiger charge is 2.18. The third kappa shape index (κ3) is 3.92. The van der Waals surface area contributed by atoms with Crippen molar-refractivity contribution in [2.24, 2.45) is 0 Å². The van der Waals surface area contributed by atoms with Crippen LogP contribution in [0, 0.1) is 20.8 Å². The second-order valence-electron chi connectivity index (χ2n) is 7.85. The summed E-state index contributed by atoms with van der Waals surface area (Å²) in [5.41, 5.74) is 3.89. The van der Waals surface area contributed by atoms with Gasteiger partial charge >= 0.3 is 5.69 Å². The Morgan fingerprint density at radius 3 is 2.73 bits per heavy atom. The Labute approximate surface area is 174 Å². The molecule has 0 saturated carbocycles. The molecule has 1 N–H and O–H groups in total. The van der Waals surface area contributed by atoms with E-state index in [0.717, 1.165) is 48.4 Å². The van der Waals surface area contributed by atoms with E-state index < -0.39 is 0 Å². The lowest BCUT2D eigenvalue weighted by Crippen LogP contribution is -2.29. The molecule has 4 rings (SSSR count). The van der Waals surface area contributed by atoms with Gasteiger partial charge in [0.2, 0.25) is 0 Å². The molecule has 0 spiro atoms. The van der Waals surface area contributed by atoms with Crippen molar-refractivity contribution in [1.82, 2.24) is 34.7 Å². The number of carbonyl (C=O) groups is 1. The van der Waals surface area contributed by atoms with Gasteiger partial charge in [-0.25, -0.2) is 9.48 Å². The zero-order valence-corrected chi connectivity index (χ0v) is 17.7. The number of nitrogens with zero attached hydrogens (tertiary/aromatic N) is 6. The molecule has 0 aliphatic carbocycles. The van der Waals surface area contributed by atoms with E-state index in [4.69, 9.17) is 0 Å². The number of hydrogen-bond donors (Lipinski definition) is 1. The van der Waals surface area contributed by atoms with E-state index in [1.807, 2.05) is 26.0 Å². The molecule has 0 saturated heterocycles. The predicted octanol–water partition coefficient (Wildman–Crippen LogP) is 1.71. The highest BCUT2D eigenvalue weighted by atomic mass is 16.2. The number of rotatable bonds is 6. The first-order valence-electron chi connectivity index (χ1n) is 10.4. The number of benzene rings is 1. The molecule has 1 aromatic carbocycles. The summed E-state index contributed by atoms with van der Waals surface area (Å²) in [6, 6.07) is 6.01. The zero-order chi connectivity index (χ0) is 21.3. The second kappa shape index (κ2) is 8.25. The van der Waals surface area contributed by atoms with Gasteiger partial charge in [-0.05, 0) is 51.7 Å². The van der Waals surface area contributed by atoms with Crippen LogP contribution in [0.2, 0.25) is 0 Å². The fourth-order valence-electron chi connectivity index (χ4n) is 3.83. The highest BCUT2D eigenvalue weighted by Crippen LogP contribution is 2.15. The third-order valence-corrected chi connectivity index (χ3v) is 5.43. The van der Waals surface area contributed by atoms with Crippen LogP contribution in [0.4, 0.5) is 0 Å². The van der Waals surface area contributed by atoms with Crippen LogP contribution >= 0.6 is 0 Å². The molecule has 158 valence electrons. The quantitative estimate of drug-likeness (QED) is 0.625. The van der Waals surface area contributed by atoms with E-state index in [-0.39, 0.29) is 11.6 Å². The highest BCUT2D eigenvalue weighted by molar-refractivity contribution is 5.93. The Hall–Kier alpha value is -3.23. The molecular formula is C21H27N7O2. The molecule has 0 unspecified atom stereocenters. The summed E-state index contributed by atoms with van der Waals surface area (Å²) in [5.74, 6) is 0.605. The average Bonchev–Trinajstić information content (AvgIpc) is 3.25. The number of nitrogens with one attached hydrogen (secondary N) is 1. The summed E-state index contributed by atoms with van der Waals surface area (Å²) in [5, 5.41) is 16.1. The van der Waals surface area contributed by atoms with Gasteiger partial charge in [0, 0.05) is 26.1 Å². The normalized spacial score (nSPS) is 13.3. The predicted molar refractivity (Wildman–Crippen MR) is 112 cm³/mol. The smallest absolute Gasteiger partial charge is 0.345 e. The molecule has 3 aromatic rings. The van der Waals surface area contributed by atoms with E-state index in [9.17, 15) is 9.59 Å². The Kier molecular flexibility index (Phi) is 5.52. The summed E-state index contributed by atoms with van der Waals surface area (Å²) in [6.07, 6.45) is 3.58. The van der Waals surface area contributed by atoms with Crippen molar-refractivity contribution in [3.63, 3.8) is 0 Å². The fraction of sp³-hybridized carbons (Fsp3) is 0.476. The molecule has 1 aliphatic heterocycles.